The fraction of sp³-hybridized carbons (Fsp3) is 0.500. The minimum absolute atomic E-state index is 0.0877. The number of amides is 1. The van der Waals surface area contributed by atoms with E-state index in [0.29, 0.717) is 0 Å². The number of carbonyl (C=O) groups excluding carboxylic acids is 1. The van der Waals surface area contributed by atoms with Crippen LogP contribution in [0.3, 0.4) is 0 Å². The number of carbonyl (C=O) groups is 1. The number of nitrogens with zero attached hydrogens (tertiary/aromatic N) is 3. The van der Waals surface area contributed by atoms with Crippen LogP contribution in [0.4, 0.5) is 0 Å². The molecule has 5 heteroatoms. The standard InChI is InChI=1S/C20H27N3O2/c1-15(18-8-5-4-6-9-18)20(24)23-11-7-10-22(12-13-23)14-19-16(2)21-25-17(19)3/h4-6,8-9,15H,7,10-14H2,1-3H3/t15-/m1/s1. The van der Waals surface area contributed by atoms with Gasteiger partial charge in [-0.15, -0.1) is 0 Å². The van der Waals surface area contributed by atoms with Gasteiger partial charge in [0.2, 0.25) is 5.91 Å². The number of hydrogen-bond acceptors (Lipinski definition) is 4. The molecule has 1 aliphatic rings. The average Bonchev–Trinajstić information content (AvgIpc) is 2.83. The summed E-state index contributed by atoms with van der Waals surface area (Å²) in [6, 6.07) is 10.0. The van der Waals surface area contributed by atoms with Crippen molar-refractivity contribution in [3.05, 3.63) is 52.9 Å². The van der Waals surface area contributed by atoms with E-state index in [1.54, 1.807) is 0 Å². The fourth-order valence-electron chi connectivity index (χ4n) is 3.46. The molecule has 25 heavy (non-hydrogen) atoms. The molecule has 1 aromatic heterocycles. The topological polar surface area (TPSA) is 49.6 Å². The maximum Gasteiger partial charge on any atom is 0.229 e. The lowest BCUT2D eigenvalue weighted by molar-refractivity contribution is -0.132. The lowest BCUT2D eigenvalue weighted by atomic mass is 10.00. The zero-order chi connectivity index (χ0) is 17.8. The van der Waals surface area contributed by atoms with Gasteiger partial charge in [0.05, 0.1) is 11.6 Å². The lowest BCUT2D eigenvalue weighted by Crippen LogP contribution is -2.37. The summed E-state index contributed by atoms with van der Waals surface area (Å²) in [5, 5.41) is 4.04. The highest BCUT2D eigenvalue weighted by molar-refractivity contribution is 5.83. The highest BCUT2D eigenvalue weighted by Crippen LogP contribution is 2.20. The molecule has 0 bridgehead atoms. The second-order valence-electron chi connectivity index (χ2n) is 6.89. The predicted molar refractivity (Wildman–Crippen MR) is 97.3 cm³/mol. The fourth-order valence-corrected chi connectivity index (χ4v) is 3.46. The maximum absolute atomic E-state index is 12.9. The Morgan fingerprint density at radius 1 is 1.16 bits per heavy atom. The summed E-state index contributed by atoms with van der Waals surface area (Å²) in [5.74, 6) is 1.04. The molecule has 0 N–H and O–H groups in total. The first-order chi connectivity index (χ1) is 12.1. The summed E-state index contributed by atoms with van der Waals surface area (Å²) in [5.41, 5.74) is 3.23. The van der Waals surface area contributed by atoms with Gasteiger partial charge in [0.25, 0.3) is 0 Å². The molecule has 0 unspecified atom stereocenters. The second kappa shape index (κ2) is 7.83. The molecule has 0 saturated carbocycles. The van der Waals surface area contributed by atoms with Crippen molar-refractivity contribution >= 4 is 5.91 Å². The van der Waals surface area contributed by atoms with E-state index >= 15 is 0 Å². The Kier molecular flexibility index (Phi) is 5.53. The largest absolute Gasteiger partial charge is 0.361 e. The molecule has 0 spiro atoms. The Labute approximate surface area is 149 Å². The zero-order valence-electron chi connectivity index (χ0n) is 15.4. The van der Waals surface area contributed by atoms with Gasteiger partial charge in [-0.2, -0.15) is 0 Å². The predicted octanol–water partition coefficient (Wildman–Crippen LogP) is 3.13. The average molecular weight is 341 g/mol. The summed E-state index contributed by atoms with van der Waals surface area (Å²) in [7, 11) is 0. The Morgan fingerprint density at radius 3 is 2.60 bits per heavy atom. The number of benzene rings is 1. The van der Waals surface area contributed by atoms with E-state index in [2.05, 4.69) is 10.1 Å². The van der Waals surface area contributed by atoms with Gasteiger partial charge in [0.1, 0.15) is 5.76 Å². The van der Waals surface area contributed by atoms with Crippen LogP contribution in [0.2, 0.25) is 0 Å². The second-order valence-corrected chi connectivity index (χ2v) is 6.89. The third-order valence-electron chi connectivity index (χ3n) is 5.13. The van der Waals surface area contributed by atoms with Gasteiger partial charge in [-0.05, 0) is 32.8 Å². The summed E-state index contributed by atoms with van der Waals surface area (Å²) < 4.78 is 5.27. The molecule has 5 nitrogen and oxygen atoms in total. The molecule has 1 fully saturated rings. The molecule has 1 aliphatic heterocycles. The van der Waals surface area contributed by atoms with Crippen LogP contribution in [0.25, 0.3) is 0 Å². The smallest absolute Gasteiger partial charge is 0.229 e. The minimum atomic E-state index is -0.0877. The molecule has 1 aromatic carbocycles. The van der Waals surface area contributed by atoms with E-state index < -0.39 is 0 Å². The maximum atomic E-state index is 12.9. The molecule has 0 aliphatic carbocycles. The van der Waals surface area contributed by atoms with Crippen molar-refractivity contribution in [3.63, 3.8) is 0 Å². The Morgan fingerprint density at radius 2 is 1.92 bits per heavy atom. The van der Waals surface area contributed by atoms with E-state index in [0.717, 1.165) is 56.2 Å². The number of rotatable bonds is 4. The molecular weight excluding hydrogens is 314 g/mol. The van der Waals surface area contributed by atoms with Crippen molar-refractivity contribution in [2.24, 2.45) is 0 Å². The highest BCUT2D eigenvalue weighted by Gasteiger charge is 2.25. The molecule has 2 heterocycles. The van der Waals surface area contributed by atoms with Gasteiger partial charge < -0.3 is 9.42 Å². The molecule has 0 radical (unpaired) electrons. The van der Waals surface area contributed by atoms with Crippen LogP contribution >= 0.6 is 0 Å². The molecule has 1 amide bonds. The molecule has 134 valence electrons. The SMILES string of the molecule is Cc1noc(C)c1CN1CCCN(C(=O)[C@H](C)c2ccccc2)CC1. The summed E-state index contributed by atoms with van der Waals surface area (Å²) >= 11 is 0. The minimum Gasteiger partial charge on any atom is -0.361 e. The summed E-state index contributed by atoms with van der Waals surface area (Å²) in [4.78, 5) is 17.3. The lowest BCUT2D eigenvalue weighted by Gasteiger charge is -2.25. The van der Waals surface area contributed by atoms with Gasteiger partial charge >= 0.3 is 0 Å². The van der Waals surface area contributed by atoms with Crippen molar-refractivity contribution in [2.75, 3.05) is 26.2 Å². The number of aryl methyl sites for hydroxylation is 2. The highest BCUT2D eigenvalue weighted by atomic mass is 16.5. The number of hydrogen-bond donors (Lipinski definition) is 0. The van der Waals surface area contributed by atoms with E-state index in [1.165, 1.54) is 5.56 Å². The van der Waals surface area contributed by atoms with Crippen LogP contribution < -0.4 is 0 Å². The van der Waals surface area contributed by atoms with Crippen LogP contribution in [0.15, 0.2) is 34.9 Å². The van der Waals surface area contributed by atoms with Crippen LogP contribution in [0, 0.1) is 13.8 Å². The third-order valence-corrected chi connectivity index (χ3v) is 5.13. The quantitative estimate of drug-likeness (QED) is 0.857. The first-order valence-corrected chi connectivity index (χ1v) is 9.04. The van der Waals surface area contributed by atoms with Crippen LogP contribution in [0.1, 0.15) is 41.8 Å². The Balaban J connectivity index is 1.60. The van der Waals surface area contributed by atoms with Gasteiger partial charge in [0.15, 0.2) is 0 Å². The first kappa shape index (κ1) is 17.7. The van der Waals surface area contributed by atoms with E-state index in [9.17, 15) is 4.79 Å². The molecule has 1 saturated heterocycles. The van der Waals surface area contributed by atoms with Crippen molar-refractivity contribution in [2.45, 2.75) is 39.7 Å². The van der Waals surface area contributed by atoms with Gasteiger partial charge in [-0.1, -0.05) is 35.5 Å². The summed E-state index contributed by atoms with van der Waals surface area (Å²) in [6.45, 7) is 10.3. The normalized spacial score (nSPS) is 17.3. The summed E-state index contributed by atoms with van der Waals surface area (Å²) in [6.07, 6.45) is 0.997. The van der Waals surface area contributed by atoms with Gasteiger partial charge in [-0.25, -0.2) is 0 Å². The van der Waals surface area contributed by atoms with E-state index in [4.69, 9.17) is 4.52 Å². The van der Waals surface area contributed by atoms with Crippen molar-refractivity contribution in [3.8, 4) is 0 Å². The number of aromatic nitrogens is 1. The molecular formula is C20H27N3O2. The van der Waals surface area contributed by atoms with Crippen molar-refractivity contribution < 1.29 is 9.32 Å². The molecule has 1 atom stereocenters. The third kappa shape index (κ3) is 4.10. The first-order valence-electron chi connectivity index (χ1n) is 9.04. The monoisotopic (exact) mass is 341 g/mol. The van der Waals surface area contributed by atoms with Crippen molar-refractivity contribution in [1.29, 1.82) is 0 Å². The molecule has 3 rings (SSSR count). The van der Waals surface area contributed by atoms with Gasteiger partial charge in [-0.3, -0.25) is 9.69 Å². The Bertz CT molecular complexity index is 691. The van der Waals surface area contributed by atoms with Gasteiger partial charge in [0, 0.05) is 38.3 Å². The van der Waals surface area contributed by atoms with Crippen LogP contribution in [-0.4, -0.2) is 47.0 Å². The van der Waals surface area contributed by atoms with Crippen LogP contribution in [-0.2, 0) is 11.3 Å². The van der Waals surface area contributed by atoms with E-state index in [1.807, 2.05) is 56.0 Å². The van der Waals surface area contributed by atoms with Crippen LogP contribution in [0.5, 0.6) is 0 Å². The zero-order valence-corrected chi connectivity index (χ0v) is 15.4. The van der Waals surface area contributed by atoms with Crippen molar-refractivity contribution in [1.82, 2.24) is 15.0 Å². The Hall–Kier alpha value is -2.14. The van der Waals surface area contributed by atoms with E-state index in [-0.39, 0.29) is 11.8 Å². The molecule has 2 aromatic rings.